The van der Waals surface area contributed by atoms with E-state index in [0.29, 0.717) is 18.5 Å². The van der Waals surface area contributed by atoms with Gasteiger partial charge < -0.3 is 10.4 Å². The molecule has 0 atom stereocenters. The van der Waals surface area contributed by atoms with Gasteiger partial charge in [-0.05, 0) is 64.2 Å². The highest BCUT2D eigenvalue weighted by atomic mass is 16.4. The molecule has 0 spiro atoms. The molecule has 3 aromatic carbocycles. The first-order valence-corrected chi connectivity index (χ1v) is 9.60. The van der Waals surface area contributed by atoms with Gasteiger partial charge in [-0.2, -0.15) is 0 Å². The Labute approximate surface area is 174 Å². The zero-order valence-corrected chi connectivity index (χ0v) is 16.2. The molecule has 2 N–H and O–H groups in total. The first-order valence-electron chi connectivity index (χ1n) is 9.60. The second-order valence-electron chi connectivity index (χ2n) is 7.12. The number of carbonyl (C=O) groups is 2. The first-order chi connectivity index (χ1) is 14.6. The lowest BCUT2D eigenvalue weighted by atomic mass is 9.99. The minimum atomic E-state index is -0.929. The Kier molecular flexibility index (Phi) is 5.52. The predicted molar refractivity (Wildman–Crippen MR) is 116 cm³/mol. The molecular formula is C25H20N2O3. The number of carboxylic acids is 1. The Balaban J connectivity index is 1.50. The molecule has 1 aromatic heterocycles. The Morgan fingerprint density at radius 1 is 0.800 bits per heavy atom. The molecule has 1 amide bonds. The van der Waals surface area contributed by atoms with Gasteiger partial charge in [0.2, 0.25) is 0 Å². The van der Waals surface area contributed by atoms with E-state index in [1.54, 1.807) is 24.5 Å². The number of amides is 1. The highest BCUT2D eigenvalue weighted by Crippen LogP contribution is 2.20. The van der Waals surface area contributed by atoms with Crippen LogP contribution in [0, 0.1) is 0 Å². The highest BCUT2D eigenvalue weighted by Gasteiger charge is 2.08. The Morgan fingerprint density at radius 3 is 2.27 bits per heavy atom. The van der Waals surface area contributed by atoms with Gasteiger partial charge in [0.25, 0.3) is 5.91 Å². The van der Waals surface area contributed by atoms with Crippen LogP contribution >= 0.6 is 0 Å². The Morgan fingerprint density at radius 2 is 1.53 bits per heavy atom. The summed E-state index contributed by atoms with van der Waals surface area (Å²) in [5, 5.41) is 14.0. The summed E-state index contributed by atoms with van der Waals surface area (Å²) in [5.41, 5.74) is 3.96. The minimum Gasteiger partial charge on any atom is -0.478 e. The monoisotopic (exact) mass is 396 g/mol. The summed E-state index contributed by atoms with van der Waals surface area (Å²) in [6.45, 7) is 0.428. The van der Waals surface area contributed by atoms with Crippen LogP contribution in [0.1, 0.15) is 37.4 Å². The summed E-state index contributed by atoms with van der Waals surface area (Å²) in [5.74, 6) is -1.06. The molecule has 30 heavy (non-hydrogen) atoms. The summed E-state index contributed by atoms with van der Waals surface area (Å²) >= 11 is 0. The van der Waals surface area contributed by atoms with E-state index in [0.717, 1.165) is 27.5 Å². The number of pyridine rings is 1. The topological polar surface area (TPSA) is 79.3 Å². The van der Waals surface area contributed by atoms with Gasteiger partial charge in [0.15, 0.2) is 0 Å². The number of benzene rings is 3. The van der Waals surface area contributed by atoms with Crippen molar-refractivity contribution in [3.8, 4) is 0 Å². The number of nitrogens with one attached hydrogen (secondary N) is 1. The number of rotatable bonds is 6. The zero-order valence-electron chi connectivity index (χ0n) is 16.2. The van der Waals surface area contributed by atoms with E-state index in [4.69, 9.17) is 5.11 Å². The zero-order chi connectivity index (χ0) is 20.9. The molecule has 0 aliphatic carbocycles. The average molecular weight is 396 g/mol. The third kappa shape index (κ3) is 4.52. The van der Waals surface area contributed by atoms with Crippen LogP contribution in [0.5, 0.6) is 0 Å². The standard InChI is InChI=1S/C25H20N2O3/c28-24(27-16-19-2-1-11-26-15-19)22-10-9-20-6-5-18(13-23(20)14-22)12-17-3-7-21(8-4-17)25(29)30/h1-11,13-15H,12,16H2,(H,27,28)(H,29,30). The van der Waals surface area contributed by atoms with Gasteiger partial charge in [0.05, 0.1) is 5.56 Å². The fourth-order valence-electron chi connectivity index (χ4n) is 3.34. The molecule has 0 radical (unpaired) electrons. The van der Waals surface area contributed by atoms with Crippen molar-refractivity contribution in [2.45, 2.75) is 13.0 Å². The molecule has 0 bridgehead atoms. The van der Waals surface area contributed by atoms with Crippen LogP contribution < -0.4 is 5.32 Å². The van der Waals surface area contributed by atoms with Gasteiger partial charge in [-0.1, -0.05) is 42.5 Å². The lowest BCUT2D eigenvalue weighted by Gasteiger charge is -2.08. The fraction of sp³-hybridized carbons (Fsp3) is 0.0800. The van der Waals surface area contributed by atoms with Crippen molar-refractivity contribution in [3.63, 3.8) is 0 Å². The van der Waals surface area contributed by atoms with Crippen molar-refractivity contribution in [1.29, 1.82) is 0 Å². The van der Waals surface area contributed by atoms with E-state index < -0.39 is 5.97 Å². The molecule has 1 heterocycles. The van der Waals surface area contributed by atoms with Gasteiger partial charge in [-0.15, -0.1) is 0 Å². The van der Waals surface area contributed by atoms with Gasteiger partial charge >= 0.3 is 5.97 Å². The number of carboxylic acid groups (broad SMARTS) is 1. The van der Waals surface area contributed by atoms with Crippen molar-refractivity contribution in [2.75, 3.05) is 0 Å². The molecule has 4 rings (SSSR count). The molecule has 0 unspecified atom stereocenters. The van der Waals surface area contributed by atoms with E-state index in [1.807, 2.05) is 48.5 Å². The number of aromatic nitrogens is 1. The van der Waals surface area contributed by atoms with Crippen molar-refractivity contribution < 1.29 is 14.7 Å². The fourth-order valence-corrected chi connectivity index (χ4v) is 3.34. The van der Waals surface area contributed by atoms with Crippen molar-refractivity contribution in [1.82, 2.24) is 10.3 Å². The van der Waals surface area contributed by atoms with Crippen LogP contribution in [0.3, 0.4) is 0 Å². The van der Waals surface area contributed by atoms with Crippen LogP contribution in [-0.4, -0.2) is 22.0 Å². The number of nitrogens with zero attached hydrogens (tertiary/aromatic N) is 1. The number of carbonyl (C=O) groups excluding carboxylic acids is 1. The first kappa shape index (κ1) is 19.3. The predicted octanol–water partition coefficient (Wildman–Crippen LogP) is 4.45. The van der Waals surface area contributed by atoms with Crippen LogP contribution in [-0.2, 0) is 13.0 Å². The molecule has 148 valence electrons. The van der Waals surface area contributed by atoms with Crippen LogP contribution in [0.15, 0.2) is 85.2 Å². The van der Waals surface area contributed by atoms with Crippen LogP contribution in [0.2, 0.25) is 0 Å². The largest absolute Gasteiger partial charge is 0.478 e. The molecule has 5 heteroatoms. The van der Waals surface area contributed by atoms with E-state index in [1.165, 1.54) is 0 Å². The molecule has 0 saturated heterocycles. The summed E-state index contributed by atoms with van der Waals surface area (Å²) in [4.78, 5) is 27.6. The average Bonchev–Trinajstić information content (AvgIpc) is 2.78. The number of hydrogen-bond donors (Lipinski definition) is 2. The third-order valence-electron chi connectivity index (χ3n) is 4.95. The molecule has 0 saturated carbocycles. The van der Waals surface area contributed by atoms with Crippen LogP contribution in [0.25, 0.3) is 10.8 Å². The highest BCUT2D eigenvalue weighted by molar-refractivity contribution is 5.98. The molecule has 0 aliphatic rings. The van der Waals surface area contributed by atoms with Crippen molar-refractivity contribution in [2.24, 2.45) is 0 Å². The summed E-state index contributed by atoms with van der Waals surface area (Å²) < 4.78 is 0. The lowest BCUT2D eigenvalue weighted by molar-refractivity contribution is 0.0696. The number of aromatic carboxylic acids is 1. The van der Waals surface area contributed by atoms with Gasteiger partial charge in [-0.3, -0.25) is 9.78 Å². The van der Waals surface area contributed by atoms with E-state index >= 15 is 0 Å². The SMILES string of the molecule is O=C(O)c1ccc(Cc2ccc3ccc(C(=O)NCc4cccnc4)cc3c2)cc1. The van der Waals surface area contributed by atoms with E-state index in [2.05, 4.69) is 22.4 Å². The lowest BCUT2D eigenvalue weighted by Crippen LogP contribution is -2.22. The molecular weight excluding hydrogens is 376 g/mol. The quantitative estimate of drug-likeness (QED) is 0.505. The maximum Gasteiger partial charge on any atom is 0.335 e. The van der Waals surface area contributed by atoms with Crippen LogP contribution in [0.4, 0.5) is 0 Å². The smallest absolute Gasteiger partial charge is 0.335 e. The van der Waals surface area contributed by atoms with Gasteiger partial charge in [0.1, 0.15) is 0 Å². The summed E-state index contributed by atoms with van der Waals surface area (Å²) in [6, 6.07) is 22.5. The van der Waals surface area contributed by atoms with E-state index in [9.17, 15) is 9.59 Å². The Bertz CT molecular complexity index is 1200. The maximum absolute atomic E-state index is 12.5. The Hall–Kier alpha value is -3.99. The summed E-state index contributed by atoms with van der Waals surface area (Å²) in [6.07, 6.45) is 4.12. The molecule has 0 aliphatic heterocycles. The normalized spacial score (nSPS) is 10.7. The molecule has 0 fully saturated rings. The summed E-state index contributed by atoms with van der Waals surface area (Å²) in [7, 11) is 0. The van der Waals surface area contributed by atoms with E-state index in [-0.39, 0.29) is 11.5 Å². The second-order valence-corrected chi connectivity index (χ2v) is 7.12. The van der Waals surface area contributed by atoms with Gasteiger partial charge in [-0.25, -0.2) is 4.79 Å². The van der Waals surface area contributed by atoms with Crippen molar-refractivity contribution in [3.05, 3.63) is 113 Å². The number of fused-ring (bicyclic) bond motifs is 1. The second kappa shape index (κ2) is 8.57. The minimum absolute atomic E-state index is 0.129. The third-order valence-corrected chi connectivity index (χ3v) is 4.95. The van der Waals surface area contributed by atoms with Gasteiger partial charge in [0, 0.05) is 24.5 Å². The number of hydrogen-bond acceptors (Lipinski definition) is 3. The maximum atomic E-state index is 12.5. The molecule has 4 aromatic rings. The van der Waals surface area contributed by atoms with Crippen molar-refractivity contribution >= 4 is 22.6 Å². The molecule has 5 nitrogen and oxygen atoms in total.